The van der Waals surface area contributed by atoms with Gasteiger partial charge in [-0.25, -0.2) is 4.98 Å². The third-order valence-corrected chi connectivity index (χ3v) is 7.18. The third kappa shape index (κ3) is 4.53. The second-order valence-corrected chi connectivity index (χ2v) is 9.49. The van der Waals surface area contributed by atoms with E-state index in [0.717, 1.165) is 79.4 Å². The zero-order valence-corrected chi connectivity index (χ0v) is 18.1. The molecule has 3 heterocycles. The van der Waals surface area contributed by atoms with E-state index in [9.17, 15) is 9.59 Å². The summed E-state index contributed by atoms with van der Waals surface area (Å²) in [6.45, 7) is 7.26. The fourth-order valence-corrected chi connectivity index (χ4v) is 5.32. The molecule has 29 heavy (non-hydrogen) atoms. The van der Waals surface area contributed by atoms with E-state index in [1.165, 1.54) is 16.9 Å². The average Bonchev–Trinajstić information content (AvgIpc) is 3.38. The van der Waals surface area contributed by atoms with Crippen LogP contribution in [0.15, 0.2) is 24.3 Å². The standard InChI is InChI=1S/C23H29N3O2S/c1-16-21(29-17(2)24-16)23(28)26-13-9-19(10-14-26)15-18-5-7-20(8-6-18)22(27)25-11-3-4-12-25/h5-8,19H,3-4,9-15H2,1-2H3. The van der Waals surface area contributed by atoms with Gasteiger partial charge in [0.15, 0.2) is 0 Å². The molecule has 154 valence electrons. The molecule has 1 aromatic carbocycles. The predicted molar refractivity (Wildman–Crippen MR) is 115 cm³/mol. The molecule has 0 N–H and O–H groups in total. The fourth-order valence-electron chi connectivity index (χ4n) is 4.43. The third-order valence-electron chi connectivity index (χ3n) is 6.12. The van der Waals surface area contributed by atoms with Gasteiger partial charge in [0.2, 0.25) is 0 Å². The lowest BCUT2D eigenvalue weighted by Crippen LogP contribution is -2.38. The van der Waals surface area contributed by atoms with Crippen molar-refractivity contribution in [3.05, 3.63) is 51.0 Å². The number of aromatic nitrogens is 1. The SMILES string of the molecule is Cc1nc(C)c(C(=O)N2CCC(Cc3ccc(C(=O)N4CCCC4)cc3)CC2)s1. The van der Waals surface area contributed by atoms with Crippen LogP contribution in [0.1, 0.15) is 62.0 Å². The van der Waals surface area contributed by atoms with Crippen LogP contribution in [0.3, 0.4) is 0 Å². The monoisotopic (exact) mass is 411 g/mol. The first-order chi connectivity index (χ1) is 14.0. The van der Waals surface area contributed by atoms with Crippen LogP contribution in [0, 0.1) is 19.8 Å². The Balaban J connectivity index is 1.30. The highest BCUT2D eigenvalue weighted by Crippen LogP contribution is 2.26. The molecule has 2 aliphatic rings. The summed E-state index contributed by atoms with van der Waals surface area (Å²) in [6, 6.07) is 8.15. The average molecular weight is 412 g/mol. The number of nitrogens with zero attached hydrogens (tertiary/aromatic N) is 3. The van der Waals surface area contributed by atoms with Crippen LogP contribution in [0.5, 0.6) is 0 Å². The van der Waals surface area contributed by atoms with E-state index in [4.69, 9.17) is 0 Å². The van der Waals surface area contributed by atoms with E-state index in [1.807, 2.05) is 35.8 Å². The number of amides is 2. The first kappa shape index (κ1) is 20.1. The molecule has 5 nitrogen and oxygen atoms in total. The van der Waals surface area contributed by atoms with Crippen molar-refractivity contribution in [2.45, 2.75) is 46.0 Å². The molecule has 0 atom stereocenters. The molecule has 6 heteroatoms. The van der Waals surface area contributed by atoms with E-state index in [-0.39, 0.29) is 11.8 Å². The van der Waals surface area contributed by atoms with Gasteiger partial charge >= 0.3 is 0 Å². The lowest BCUT2D eigenvalue weighted by molar-refractivity contribution is 0.0694. The maximum absolute atomic E-state index is 12.8. The van der Waals surface area contributed by atoms with Gasteiger partial charge in [-0.3, -0.25) is 9.59 Å². The Labute approximate surface area is 176 Å². The lowest BCUT2D eigenvalue weighted by Gasteiger charge is -2.32. The highest BCUT2D eigenvalue weighted by atomic mass is 32.1. The van der Waals surface area contributed by atoms with Gasteiger partial charge in [-0.2, -0.15) is 0 Å². The molecule has 4 rings (SSSR count). The van der Waals surface area contributed by atoms with Gasteiger partial charge in [0, 0.05) is 31.7 Å². The summed E-state index contributed by atoms with van der Waals surface area (Å²) >= 11 is 1.50. The molecular weight excluding hydrogens is 382 g/mol. The molecule has 0 spiro atoms. The molecule has 1 aromatic heterocycles. The van der Waals surface area contributed by atoms with Gasteiger partial charge in [0.05, 0.1) is 10.7 Å². The second-order valence-electron chi connectivity index (χ2n) is 8.28. The Bertz CT molecular complexity index is 876. The van der Waals surface area contributed by atoms with E-state index in [2.05, 4.69) is 17.1 Å². The summed E-state index contributed by atoms with van der Waals surface area (Å²) in [5.41, 5.74) is 2.93. The molecule has 0 radical (unpaired) electrons. The molecule has 2 amide bonds. The van der Waals surface area contributed by atoms with Gasteiger partial charge in [-0.05, 0) is 69.6 Å². The van der Waals surface area contributed by atoms with Crippen molar-refractivity contribution in [2.24, 2.45) is 5.92 Å². The minimum absolute atomic E-state index is 0.135. The topological polar surface area (TPSA) is 53.5 Å². The smallest absolute Gasteiger partial charge is 0.265 e. The van der Waals surface area contributed by atoms with Gasteiger partial charge in [-0.1, -0.05) is 12.1 Å². The Kier molecular flexibility index (Phi) is 5.99. The van der Waals surface area contributed by atoms with Crippen LogP contribution in [-0.4, -0.2) is 52.8 Å². The maximum atomic E-state index is 12.8. The van der Waals surface area contributed by atoms with Crippen LogP contribution in [-0.2, 0) is 6.42 Å². The van der Waals surface area contributed by atoms with E-state index < -0.39 is 0 Å². The first-order valence-corrected chi connectivity index (χ1v) is 11.4. The molecule has 0 unspecified atom stereocenters. The molecule has 2 aliphatic heterocycles. The lowest BCUT2D eigenvalue weighted by atomic mass is 9.90. The largest absolute Gasteiger partial charge is 0.339 e. The number of piperidine rings is 1. The second kappa shape index (κ2) is 8.66. The Morgan fingerprint density at radius 2 is 1.59 bits per heavy atom. The first-order valence-electron chi connectivity index (χ1n) is 10.6. The molecule has 0 bridgehead atoms. The molecular formula is C23H29N3O2S. The van der Waals surface area contributed by atoms with Gasteiger partial charge in [0.1, 0.15) is 4.88 Å². The highest BCUT2D eigenvalue weighted by molar-refractivity contribution is 7.13. The number of carbonyl (C=O) groups is 2. The summed E-state index contributed by atoms with van der Waals surface area (Å²) in [4.78, 5) is 34.4. The number of likely N-dealkylation sites (tertiary alicyclic amines) is 2. The normalized spacial score (nSPS) is 17.7. The Hall–Kier alpha value is -2.21. The number of carbonyl (C=O) groups excluding carboxylic acids is 2. The van der Waals surface area contributed by atoms with Crippen LogP contribution >= 0.6 is 11.3 Å². The molecule has 2 aromatic rings. The van der Waals surface area contributed by atoms with E-state index in [0.29, 0.717) is 5.92 Å². The van der Waals surface area contributed by atoms with Crippen LogP contribution in [0.4, 0.5) is 0 Å². The van der Waals surface area contributed by atoms with Crippen molar-refractivity contribution in [3.8, 4) is 0 Å². The number of rotatable bonds is 4. The van der Waals surface area contributed by atoms with Gasteiger partial charge in [0.25, 0.3) is 11.8 Å². The number of thiazole rings is 1. The van der Waals surface area contributed by atoms with Crippen molar-refractivity contribution in [3.63, 3.8) is 0 Å². The number of benzene rings is 1. The minimum Gasteiger partial charge on any atom is -0.339 e. The highest BCUT2D eigenvalue weighted by Gasteiger charge is 2.26. The Morgan fingerprint density at radius 1 is 0.966 bits per heavy atom. The maximum Gasteiger partial charge on any atom is 0.265 e. The summed E-state index contributed by atoms with van der Waals surface area (Å²) in [7, 11) is 0. The zero-order chi connectivity index (χ0) is 20.4. The summed E-state index contributed by atoms with van der Waals surface area (Å²) < 4.78 is 0. The number of aryl methyl sites for hydroxylation is 2. The van der Waals surface area contributed by atoms with Crippen molar-refractivity contribution in [1.29, 1.82) is 0 Å². The van der Waals surface area contributed by atoms with Crippen molar-refractivity contribution in [1.82, 2.24) is 14.8 Å². The summed E-state index contributed by atoms with van der Waals surface area (Å²) in [5.74, 6) is 0.884. The summed E-state index contributed by atoms with van der Waals surface area (Å²) in [6.07, 6.45) is 5.30. The van der Waals surface area contributed by atoms with Crippen molar-refractivity contribution in [2.75, 3.05) is 26.2 Å². The fraction of sp³-hybridized carbons (Fsp3) is 0.522. The summed E-state index contributed by atoms with van der Waals surface area (Å²) in [5, 5.41) is 0.951. The van der Waals surface area contributed by atoms with Gasteiger partial charge < -0.3 is 9.80 Å². The van der Waals surface area contributed by atoms with E-state index in [1.54, 1.807) is 0 Å². The minimum atomic E-state index is 0.135. The zero-order valence-electron chi connectivity index (χ0n) is 17.3. The van der Waals surface area contributed by atoms with Crippen LogP contribution < -0.4 is 0 Å². The van der Waals surface area contributed by atoms with Crippen molar-refractivity contribution < 1.29 is 9.59 Å². The number of hydrogen-bond donors (Lipinski definition) is 0. The molecule has 2 fully saturated rings. The quantitative estimate of drug-likeness (QED) is 0.761. The van der Waals surface area contributed by atoms with Crippen LogP contribution in [0.25, 0.3) is 0 Å². The van der Waals surface area contributed by atoms with E-state index >= 15 is 0 Å². The Morgan fingerprint density at radius 3 is 2.17 bits per heavy atom. The molecule has 0 saturated carbocycles. The molecule has 0 aliphatic carbocycles. The predicted octanol–water partition coefficient (Wildman–Crippen LogP) is 4.09. The number of hydrogen-bond acceptors (Lipinski definition) is 4. The van der Waals surface area contributed by atoms with Crippen LogP contribution in [0.2, 0.25) is 0 Å². The molecule has 2 saturated heterocycles. The van der Waals surface area contributed by atoms with Gasteiger partial charge in [-0.15, -0.1) is 11.3 Å². The van der Waals surface area contributed by atoms with Crippen molar-refractivity contribution >= 4 is 23.2 Å².